The number of ether oxygens (including phenoxy) is 2. The molecule has 23 heavy (non-hydrogen) atoms. The number of anilines is 1. The molecule has 0 saturated heterocycles. The van der Waals surface area contributed by atoms with Gasteiger partial charge in [0.2, 0.25) is 6.79 Å². The Kier molecular flexibility index (Phi) is 2.88. The highest BCUT2D eigenvalue weighted by Crippen LogP contribution is 2.37. The summed E-state index contributed by atoms with van der Waals surface area (Å²) in [5, 5.41) is 9.18. The number of rotatable bonds is 2. The van der Waals surface area contributed by atoms with E-state index in [1.165, 1.54) is 0 Å². The SMILES string of the molecule is Cc1ccc(-c2nc3cc4c(cc3n2CC#N)OCO4)cc1N. The second-order valence-corrected chi connectivity index (χ2v) is 5.45. The summed E-state index contributed by atoms with van der Waals surface area (Å²) >= 11 is 0. The highest BCUT2D eigenvalue weighted by Gasteiger charge is 2.20. The lowest BCUT2D eigenvalue weighted by atomic mass is 10.1. The summed E-state index contributed by atoms with van der Waals surface area (Å²) in [7, 11) is 0. The number of fused-ring (bicyclic) bond motifs is 2. The molecule has 0 amide bonds. The van der Waals surface area contributed by atoms with Gasteiger partial charge >= 0.3 is 0 Å². The zero-order valence-corrected chi connectivity index (χ0v) is 12.5. The smallest absolute Gasteiger partial charge is 0.231 e. The topological polar surface area (TPSA) is 86.1 Å². The number of hydrogen-bond acceptors (Lipinski definition) is 5. The van der Waals surface area contributed by atoms with Crippen LogP contribution in [-0.4, -0.2) is 16.3 Å². The molecule has 114 valence electrons. The van der Waals surface area contributed by atoms with Crippen LogP contribution < -0.4 is 15.2 Å². The fraction of sp³-hybridized carbons (Fsp3) is 0.176. The quantitative estimate of drug-likeness (QED) is 0.736. The van der Waals surface area contributed by atoms with Gasteiger partial charge in [0.15, 0.2) is 11.5 Å². The molecule has 1 aliphatic heterocycles. The standard InChI is InChI=1S/C17H14N4O2/c1-10-2-3-11(6-12(10)19)17-20-13-7-15-16(23-9-22-15)8-14(13)21(17)5-4-18/h2-3,6-8H,5,9,19H2,1H3. The van der Waals surface area contributed by atoms with Crippen molar-refractivity contribution in [1.29, 1.82) is 5.26 Å². The predicted molar refractivity (Wildman–Crippen MR) is 86.1 cm³/mol. The van der Waals surface area contributed by atoms with Crippen molar-refractivity contribution < 1.29 is 9.47 Å². The highest BCUT2D eigenvalue weighted by atomic mass is 16.7. The zero-order valence-electron chi connectivity index (χ0n) is 12.5. The third-order valence-corrected chi connectivity index (χ3v) is 4.01. The fourth-order valence-electron chi connectivity index (χ4n) is 2.75. The Balaban J connectivity index is 1.97. The van der Waals surface area contributed by atoms with E-state index in [2.05, 4.69) is 11.1 Å². The molecule has 0 aliphatic carbocycles. The van der Waals surface area contributed by atoms with Crippen LogP contribution in [0.1, 0.15) is 5.56 Å². The Bertz CT molecular complexity index is 969. The van der Waals surface area contributed by atoms with Gasteiger partial charge in [-0.15, -0.1) is 0 Å². The van der Waals surface area contributed by atoms with E-state index in [9.17, 15) is 5.26 Å². The first kappa shape index (κ1) is 13.5. The maximum atomic E-state index is 9.18. The number of benzene rings is 2. The Morgan fingerprint density at radius 1 is 1.26 bits per heavy atom. The fourth-order valence-corrected chi connectivity index (χ4v) is 2.75. The second-order valence-electron chi connectivity index (χ2n) is 5.45. The molecular weight excluding hydrogens is 292 g/mol. The van der Waals surface area contributed by atoms with E-state index in [0.29, 0.717) is 23.0 Å². The van der Waals surface area contributed by atoms with E-state index in [-0.39, 0.29) is 13.3 Å². The van der Waals surface area contributed by atoms with Crippen LogP contribution >= 0.6 is 0 Å². The van der Waals surface area contributed by atoms with Gasteiger partial charge in [0.1, 0.15) is 12.4 Å². The normalized spacial score (nSPS) is 12.5. The molecule has 2 N–H and O–H groups in total. The van der Waals surface area contributed by atoms with Gasteiger partial charge in [0.05, 0.1) is 17.1 Å². The highest BCUT2D eigenvalue weighted by molar-refractivity contribution is 5.85. The molecule has 0 radical (unpaired) electrons. The number of imidazole rings is 1. The Hall–Kier alpha value is -3.20. The minimum atomic E-state index is 0.194. The average Bonchev–Trinajstić information content (AvgIpc) is 3.13. The van der Waals surface area contributed by atoms with E-state index < -0.39 is 0 Å². The monoisotopic (exact) mass is 306 g/mol. The average molecular weight is 306 g/mol. The summed E-state index contributed by atoms with van der Waals surface area (Å²) in [6.45, 7) is 2.36. The van der Waals surface area contributed by atoms with Crippen molar-refractivity contribution in [3.63, 3.8) is 0 Å². The van der Waals surface area contributed by atoms with Crippen LogP contribution in [-0.2, 0) is 6.54 Å². The molecule has 2 aromatic carbocycles. The molecule has 4 rings (SSSR count). The molecule has 6 nitrogen and oxygen atoms in total. The van der Waals surface area contributed by atoms with E-state index in [1.54, 1.807) is 0 Å². The summed E-state index contributed by atoms with van der Waals surface area (Å²) in [5.41, 5.74) is 10.2. The van der Waals surface area contributed by atoms with Crippen molar-refractivity contribution in [2.45, 2.75) is 13.5 Å². The van der Waals surface area contributed by atoms with Crippen LogP contribution in [0, 0.1) is 18.3 Å². The van der Waals surface area contributed by atoms with Gasteiger partial charge in [0, 0.05) is 23.4 Å². The number of aryl methyl sites for hydroxylation is 1. The van der Waals surface area contributed by atoms with Crippen molar-refractivity contribution in [2.24, 2.45) is 0 Å². The lowest BCUT2D eigenvalue weighted by Gasteiger charge is -2.07. The molecule has 0 unspecified atom stereocenters. The first-order chi connectivity index (χ1) is 11.2. The van der Waals surface area contributed by atoms with Crippen LogP contribution in [0.5, 0.6) is 11.5 Å². The van der Waals surface area contributed by atoms with Gasteiger partial charge in [0.25, 0.3) is 0 Å². The van der Waals surface area contributed by atoms with Crippen molar-refractivity contribution in [1.82, 2.24) is 9.55 Å². The van der Waals surface area contributed by atoms with Crippen LogP contribution in [0.2, 0.25) is 0 Å². The summed E-state index contributed by atoms with van der Waals surface area (Å²) in [6.07, 6.45) is 0. The molecule has 6 heteroatoms. The summed E-state index contributed by atoms with van der Waals surface area (Å²) in [4.78, 5) is 4.67. The van der Waals surface area contributed by atoms with Crippen molar-refractivity contribution in [3.05, 3.63) is 35.9 Å². The van der Waals surface area contributed by atoms with E-state index in [0.717, 1.165) is 22.2 Å². The van der Waals surface area contributed by atoms with Gasteiger partial charge in [-0.1, -0.05) is 12.1 Å². The Morgan fingerprint density at radius 2 is 2.04 bits per heavy atom. The number of nitrogens with two attached hydrogens (primary N) is 1. The Morgan fingerprint density at radius 3 is 2.78 bits per heavy atom. The number of aromatic nitrogens is 2. The van der Waals surface area contributed by atoms with Crippen molar-refractivity contribution in [3.8, 4) is 29.0 Å². The van der Waals surface area contributed by atoms with Gasteiger partial charge < -0.3 is 19.8 Å². The van der Waals surface area contributed by atoms with Gasteiger partial charge in [-0.3, -0.25) is 0 Å². The van der Waals surface area contributed by atoms with Crippen molar-refractivity contribution in [2.75, 3.05) is 12.5 Å². The number of hydrogen-bond donors (Lipinski definition) is 1. The minimum absolute atomic E-state index is 0.194. The number of nitrogen functional groups attached to an aromatic ring is 1. The molecule has 3 aromatic rings. The third kappa shape index (κ3) is 2.06. The minimum Gasteiger partial charge on any atom is -0.454 e. The molecule has 2 heterocycles. The molecule has 0 spiro atoms. The van der Waals surface area contributed by atoms with Gasteiger partial charge in [-0.25, -0.2) is 4.98 Å². The summed E-state index contributed by atoms with van der Waals surface area (Å²) < 4.78 is 12.7. The molecule has 1 aliphatic rings. The van der Waals surface area contributed by atoms with Crippen LogP contribution in [0.3, 0.4) is 0 Å². The lowest BCUT2D eigenvalue weighted by Crippen LogP contribution is -2.00. The summed E-state index contributed by atoms with van der Waals surface area (Å²) in [6, 6.07) is 11.7. The van der Waals surface area contributed by atoms with E-state index in [4.69, 9.17) is 15.2 Å². The summed E-state index contributed by atoms with van der Waals surface area (Å²) in [5.74, 6) is 2.05. The maximum Gasteiger partial charge on any atom is 0.231 e. The first-order valence-electron chi connectivity index (χ1n) is 7.20. The molecule has 0 bridgehead atoms. The third-order valence-electron chi connectivity index (χ3n) is 4.01. The first-order valence-corrected chi connectivity index (χ1v) is 7.20. The van der Waals surface area contributed by atoms with Gasteiger partial charge in [-0.05, 0) is 18.6 Å². The Labute approximate surface area is 132 Å². The molecule has 0 fully saturated rings. The molecular formula is C17H14N4O2. The number of nitriles is 1. The second kappa shape index (κ2) is 4.92. The van der Waals surface area contributed by atoms with E-state index in [1.807, 2.05) is 41.8 Å². The lowest BCUT2D eigenvalue weighted by molar-refractivity contribution is 0.174. The largest absolute Gasteiger partial charge is 0.454 e. The molecule has 0 saturated carbocycles. The van der Waals surface area contributed by atoms with Crippen molar-refractivity contribution >= 4 is 16.7 Å². The number of nitrogens with zero attached hydrogens (tertiary/aromatic N) is 3. The van der Waals surface area contributed by atoms with Crippen LogP contribution in [0.4, 0.5) is 5.69 Å². The van der Waals surface area contributed by atoms with Crippen LogP contribution in [0.15, 0.2) is 30.3 Å². The van der Waals surface area contributed by atoms with E-state index >= 15 is 0 Å². The predicted octanol–water partition coefficient (Wildman–Crippen LogP) is 2.85. The van der Waals surface area contributed by atoms with Crippen LogP contribution in [0.25, 0.3) is 22.4 Å². The zero-order chi connectivity index (χ0) is 16.0. The molecule has 1 aromatic heterocycles. The maximum absolute atomic E-state index is 9.18. The van der Waals surface area contributed by atoms with Gasteiger partial charge in [-0.2, -0.15) is 5.26 Å². The molecule has 0 atom stereocenters.